The van der Waals surface area contributed by atoms with Crippen molar-refractivity contribution in [3.05, 3.63) is 21.6 Å². The van der Waals surface area contributed by atoms with Crippen molar-refractivity contribution in [2.24, 2.45) is 11.8 Å². The average Bonchev–Trinajstić information content (AvgIpc) is 2.52. The Morgan fingerprint density at radius 1 is 1.36 bits per heavy atom. The fourth-order valence-electron chi connectivity index (χ4n) is 3.23. The van der Waals surface area contributed by atoms with E-state index in [2.05, 4.69) is 0 Å². The number of allylic oxidation sites excluding steroid dienone is 3. The van der Waals surface area contributed by atoms with Crippen molar-refractivity contribution in [2.45, 2.75) is 26.2 Å². The molecule has 0 aromatic rings. The number of Topliss-reactive ketones (excluding diaryl/α,β-unsaturated/α-hetero) is 1. The van der Waals surface area contributed by atoms with Crippen LogP contribution in [-0.4, -0.2) is 24.6 Å². The number of ether oxygens (including phenoxy) is 1. The van der Waals surface area contributed by atoms with Gasteiger partial charge in [0, 0.05) is 16.7 Å². The molecule has 2 aliphatic carbocycles. The molecule has 0 aromatic heterocycles. The van der Waals surface area contributed by atoms with Crippen LogP contribution in [0.2, 0.25) is 0 Å². The third kappa shape index (κ3) is 2.55. The molecule has 1 saturated carbocycles. The van der Waals surface area contributed by atoms with E-state index in [1.807, 2.05) is 18.4 Å². The maximum absolute atomic E-state index is 12.6. The minimum atomic E-state index is -0.675. The number of nitrogens with zero attached hydrogens (tertiary/aromatic N) is 2. The summed E-state index contributed by atoms with van der Waals surface area (Å²) < 4.78 is 4.95. The first-order chi connectivity index (χ1) is 10.6. The minimum Gasteiger partial charge on any atom is -0.462 e. The van der Waals surface area contributed by atoms with Crippen LogP contribution in [-0.2, 0) is 14.3 Å². The van der Waals surface area contributed by atoms with Gasteiger partial charge in [-0.05, 0) is 31.6 Å². The van der Waals surface area contributed by atoms with E-state index in [4.69, 9.17) is 4.74 Å². The molecule has 0 heterocycles. The molecule has 2 bridgehead atoms. The van der Waals surface area contributed by atoms with Crippen molar-refractivity contribution in [2.75, 3.05) is 12.9 Å². The first kappa shape index (κ1) is 16.3. The first-order valence-corrected chi connectivity index (χ1v) is 8.36. The number of rotatable bonds is 3. The van der Waals surface area contributed by atoms with Crippen LogP contribution in [0.15, 0.2) is 21.6 Å². The van der Waals surface area contributed by atoms with E-state index in [1.165, 1.54) is 11.8 Å². The molecule has 0 amide bonds. The summed E-state index contributed by atoms with van der Waals surface area (Å²) in [5.41, 5.74) is 0.682. The van der Waals surface area contributed by atoms with Crippen LogP contribution in [0.25, 0.3) is 0 Å². The second-order valence-electron chi connectivity index (χ2n) is 5.12. The van der Waals surface area contributed by atoms with Crippen molar-refractivity contribution >= 4 is 23.5 Å². The number of esters is 1. The largest absolute Gasteiger partial charge is 0.462 e. The molecule has 0 spiro atoms. The van der Waals surface area contributed by atoms with Crippen LogP contribution in [0.1, 0.15) is 26.2 Å². The Hall–Kier alpha value is -2.05. The SMILES string of the molecule is CCOC(=O)C(C#N)=C1[C@@H]2CCC[C@H]1C(SC)=C(C#N)C2=O. The third-order valence-corrected chi connectivity index (χ3v) is 5.00. The molecule has 0 aromatic carbocycles. The van der Waals surface area contributed by atoms with Crippen molar-refractivity contribution in [3.63, 3.8) is 0 Å². The number of hydrogen-bond acceptors (Lipinski definition) is 6. The summed E-state index contributed by atoms with van der Waals surface area (Å²) in [5.74, 6) is -1.68. The number of fused-ring (bicyclic) bond motifs is 2. The van der Waals surface area contributed by atoms with Crippen LogP contribution < -0.4 is 0 Å². The molecule has 2 atom stereocenters. The Morgan fingerprint density at radius 3 is 2.59 bits per heavy atom. The standard InChI is InChI=1S/C16H16N2O3S/c1-3-21-16(20)11(7-17)13-9-5-4-6-10(13)15(22-2)12(8-18)14(9)19/h9-10H,3-6H2,1-2H3/t9-,10+/m0/s1. The van der Waals surface area contributed by atoms with Crippen molar-refractivity contribution < 1.29 is 14.3 Å². The number of thioether (sulfide) groups is 1. The average molecular weight is 316 g/mol. The van der Waals surface area contributed by atoms with Gasteiger partial charge in [-0.1, -0.05) is 6.42 Å². The molecule has 22 heavy (non-hydrogen) atoms. The van der Waals surface area contributed by atoms with Crippen molar-refractivity contribution in [1.29, 1.82) is 10.5 Å². The van der Waals surface area contributed by atoms with Gasteiger partial charge >= 0.3 is 5.97 Å². The lowest BCUT2D eigenvalue weighted by atomic mass is 9.67. The maximum Gasteiger partial charge on any atom is 0.348 e. The first-order valence-electron chi connectivity index (χ1n) is 7.14. The molecular weight excluding hydrogens is 300 g/mol. The second-order valence-corrected chi connectivity index (χ2v) is 5.97. The van der Waals surface area contributed by atoms with Gasteiger partial charge < -0.3 is 4.74 Å². The molecule has 114 valence electrons. The molecule has 0 unspecified atom stereocenters. The Balaban J connectivity index is 2.66. The zero-order chi connectivity index (χ0) is 16.3. The second kappa shape index (κ2) is 6.81. The van der Waals surface area contributed by atoms with Crippen molar-refractivity contribution in [3.8, 4) is 12.1 Å². The Morgan fingerprint density at radius 2 is 2.05 bits per heavy atom. The van der Waals surface area contributed by atoms with Gasteiger partial charge in [-0.25, -0.2) is 4.79 Å². The molecular formula is C16H16N2O3S. The summed E-state index contributed by atoms with van der Waals surface area (Å²) in [7, 11) is 0. The summed E-state index contributed by atoms with van der Waals surface area (Å²) in [6.45, 7) is 1.85. The molecule has 1 fully saturated rings. The normalized spacial score (nSPS) is 26.1. The summed E-state index contributed by atoms with van der Waals surface area (Å²) in [5, 5.41) is 18.7. The Bertz CT molecular complexity index is 664. The number of carbonyl (C=O) groups excluding carboxylic acids is 2. The van der Waals surface area contributed by atoms with Crippen molar-refractivity contribution in [1.82, 2.24) is 0 Å². The fraction of sp³-hybridized carbons (Fsp3) is 0.500. The predicted molar refractivity (Wildman–Crippen MR) is 81.3 cm³/mol. The summed E-state index contributed by atoms with van der Waals surface area (Å²) in [6.07, 6.45) is 3.96. The highest BCUT2D eigenvalue weighted by Crippen LogP contribution is 2.49. The van der Waals surface area contributed by atoms with Gasteiger partial charge in [0.1, 0.15) is 23.3 Å². The lowest BCUT2D eigenvalue weighted by molar-refractivity contribution is -0.138. The van der Waals surface area contributed by atoms with E-state index < -0.39 is 11.9 Å². The number of hydrogen-bond donors (Lipinski definition) is 0. The van der Waals surface area contributed by atoms with Gasteiger partial charge in [-0.3, -0.25) is 4.79 Å². The zero-order valence-electron chi connectivity index (χ0n) is 12.5. The van der Waals surface area contributed by atoms with Gasteiger partial charge in [0.05, 0.1) is 6.61 Å². The Labute approximate surface area is 133 Å². The molecule has 5 nitrogen and oxygen atoms in total. The van der Waals surface area contributed by atoms with E-state index in [0.29, 0.717) is 16.9 Å². The minimum absolute atomic E-state index is 0.0616. The van der Waals surface area contributed by atoms with Crippen LogP contribution in [0.3, 0.4) is 0 Å². The Kier molecular flexibility index (Phi) is 5.05. The molecule has 0 N–H and O–H groups in total. The lowest BCUT2D eigenvalue weighted by Gasteiger charge is -2.37. The molecule has 0 saturated heterocycles. The van der Waals surface area contributed by atoms with Gasteiger partial charge in [0.15, 0.2) is 5.78 Å². The predicted octanol–water partition coefficient (Wildman–Crippen LogP) is 2.51. The van der Waals surface area contributed by atoms with Crippen LogP contribution in [0.5, 0.6) is 0 Å². The van der Waals surface area contributed by atoms with E-state index in [0.717, 1.165) is 12.8 Å². The summed E-state index contributed by atoms with van der Waals surface area (Å²) >= 11 is 1.35. The van der Waals surface area contributed by atoms with E-state index in [1.54, 1.807) is 6.92 Å². The summed E-state index contributed by atoms with van der Waals surface area (Å²) in [6, 6.07) is 3.92. The highest BCUT2D eigenvalue weighted by atomic mass is 32.2. The van der Waals surface area contributed by atoms with Crippen LogP contribution in [0.4, 0.5) is 0 Å². The molecule has 2 rings (SSSR count). The molecule has 6 heteroatoms. The lowest BCUT2D eigenvalue weighted by Crippen LogP contribution is -2.35. The van der Waals surface area contributed by atoms with Crippen LogP contribution in [0, 0.1) is 34.5 Å². The number of carbonyl (C=O) groups is 2. The zero-order valence-corrected chi connectivity index (χ0v) is 13.3. The smallest absolute Gasteiger partial charge is 0.348 e. The van der Waals surface area contributed by atoms with Gasteiger partial charge in [0.2, 0.25) is 0 Å². The molecule has 0 aliphatic heterocycles. The van der Waals surface area contributed by atoms with E-state index in [9.17, 15) is 20.1 Å². The third-order valence-electron chi connectivity index (χ3n) is 4.07. The van der Waals surface area contributed by atoms with Gasteiger partial charge in [-0.2, -0.15) is 10.5 Å². The van der Waals surface area contributed by atoms with Gasteiger partial charge in [0.25, 0.3) is 0 Å². The van der Waals surface area contributed by atoms with E-state index in [-0.39, 0.29) is 29.5 Å². The van der Waals surface area contributed by atoms with Gasteiger partial charge in [-0.15, -0.1) is 11.8 Å². The molecule has 2 aliphatic rings. The summed E-state index contributed by atoms with van der Waals surface area (Å²) in [4.78, 5) is 25.3. The fourth-order valence-corrected chi connectivity index (χ4v) is 4.11. The van der Waals surface area contributed by atoms with E-state index >= 15 is 0 Å². The number of nitriles is 2. The maximum atomic E-state index is 12.6. The highest BCUT2D eigenvalue weighted by Gasteiger charge is 2.44. The monoisotopic (exact) mass is 316 g/mol. The highest BCUT2D eigenvalue weighted by molar-refractivity contribution is 8.02. The molecule has 0 radical (unpaired) electrons. The quantitative estimate of drug-likeness (QED) is 0.451. The number of ketones is 1. The van der Waals surface area contributed by atoms with Crippen LogP contribution >= 0.6 is 11.8 Å². The topological polar surface area (TPSA) is 90.9 Å².